The molecule has 0 N–H and O–H groups in total. The quantitative estimate of drug-likeness (QED) is 0.700. The Balaban J connectivity index is 1.11. The first-order chi connectivity index (χ1) is 15.7. The van der Waals surface area contributed by atoms with E-state index in [-0.39, 0.29) is 30.4 Å². The van der Waals surface area contributed by atoms with Crippen molar-refractivity contribution >= 4 is 17.5 Å². The minimum absolute atomic E-state index is 0.0115. The maximum absolute atomic E-state index is 12.8. The molecule has 2 aliphatic carbocycles. The summed E-state index contributed by atoms with van der Waals surface area (Å²) in [7, 11) is 0. The molecule has 2 saturated carbocycles. The first-order valence-electron chi connectivity index (χ1n) is 12.8. The predicted octanol–water partition coefficient (Wildman–Crippen LogP) is 3.84. The Morgan fingerprint density at radius 3 is 2.16 bits per heavy atom. The molecule has 2 amide bonds. The molecular weight excluding hydrogens is 402 g/mol. The number of piperazine rings is 1. The topological polar surface area (TPSA) is 53.1 Å². The van der Waals surface area contributed by atoms with Crippen molar-refractivity contribution in [2.24, 2.45) is 5.92 Å². The molecule has 0 atom stereocenters. The van der Waals surface area contributed by atoms with Gasteiger partial charge in [-0.1, -0.05) is 25.7 Å². The van der Waals surface area contributed by atoms with Crippen LogP contribution in [0.5, 0.6) is 5.75 Å². The molecule has 32 heavy (non-hydrogen) atoms. The highest BCUT2D eigenvalue weighted by molar-refractivity contribution is 5.98. The fourth-order valence-corrected chi connectivity index (χ4v) is 5.75. The number of ether oxygens (including phenoxy) is 1. The number of likely N-dealkylation sites (tertiary alicyclic amines) is 1. The van der Waals surface area contributed by atoms with Gasteiger partial charge in [-0.25, -0.2) is 0 Å². The summed E-state index contributed by atoms with van der Waals surface area (Å²) in [6.45, 7) is 3.68. The molecule has 5 rings (SSSR count). The van der Waals surface area contributed by atoms with Gasteiger partial charge in [0.2, 0.25) is 11.8 Å². The number of carbonyl (C=O) groups is 2. The highest BCUT2D eigenvalue weighted by Crippen LogP contribution is 2.30. The molecule has 0 unspecified atom stereocenters. The van der Waals surface area contributed by atoms with Gasteiger partial charge in [-0.2, -0.15) is 0 Å². The molecule has 6 heteroatoms. The SMILES string of the molecule is O=C(C1CCCCC1)N1CCN(c2ccc(OC3CCN(C4CCC4)CC3)cc2)C(=O)C1. The second-order valence-corrected chi connectivity index (χ2v) is 10.1. The molecule has 4 aliphatic rings. The summed E-state index contributed by atoms with van der Waals surface area (Å²) in [6.07, 6.45) is 12.1. The lowest BCUT2D eigenvalue weighted by atomic mass is 9.88. The Morgan fingerprint density at radius 1 is 0.812 bits per heavy atom. The molecule has 2 aliphatic heterocycles. The molecule has 2 saturated heterocycles. The fraction of sp³-hybridized carbons (Fsp3) is 0.692. The average molecular weight is 440 g/mol. The maximum atomic E-state index is 12.8. The summed E-state index contributed by atoms with van der Waals surface area (Å²) in [5, 5.41) is 0. The Bertz CT molecular complexity index is 793. The van der Waals surface area contributed by atoms with Gasteiger partial charge < -0.3 is 19.4 Å². The first-order valence-corrected chi connectivity index (χ1v) is 12.8. The Morgan fingerprint density at radius 2 is 1.53 bits per heavy atom. The number of amides is 2. The molecule has 0 aromatic heterocycles. The van der Waals surface area contributed by atoms with Gasteiger partial charge in [0.1, 0.15) is 18.4 Å². The van der Waals surface area contributed by atoms with E-state index in [4.69, 9.17) is 4.74 Å². The van der Waals surface area contributed by atoms with Crippen molar-refractivity contribution in [3.05, 3.63) is 24.3 Å². The number of hydrogen-bond donors (Lipinski definition) is 0. The summed E-state index contributed by atoms with van der Waals surface area (Å²) >= 11 is 0. The molecule has 0 radical (unpaired) electrons. The van der Waals surface area contributed by atoms with E-state index in [1.165, 1.54) is 25.7 Å². The van der Waals surface area contributed by atoms with Crippen molar-refractivity contribution in [1.82, 2.24) is 9.80 Å². The number of piperidine rings is 1. The summed E-state index contributed by atoms with van der Waals surface area (Å²) in [5.41, 5.74) is 0.895. The van der Waals surface area contributed by atoms with E-state index < -0.39 is 0 Å². The van der Waals surface area contributed by atoms with Crippen LogP contribution < -0.4 is 9.64 Å². The highest BCUT2D eigenvalue weighted by Gasteiger charge is 2.32. The zero-order chi connectivity index (χ0) is 21.9. The third-order valence-corrected chi connectivity index (χ3v) is 8.01. The largest absolute Gasteiger partial charge is 0.490 e. The van der Waals surface area contributed by atoms with Gasteiger partial charge in [0.25, 0.3) is 0 Å². The lowest BCUT2D eigenvalue weighted by Gasteiger charge is -2.41. The van der Waals surface area contributed by atoms with Gasteiger partial charge in [0.15, 0.2) is 0 Å². The van der Waals surface area contributed by atoms with Gasteiger partial charge in [0, 0.05) is 43.8 Å². The van der Waals surface area contributed by atoms with E-state index in [2.05, 4.69) is 4.90 Å². The smallest absolute Gasteiger partial charge is 0.246 e. The third-order valence-electron chi connectivity index (χ3n) is 8.01. The Labute approximate surface area is 191 Å². The zero-order valence-corrected chi connectivity index (χ0v) is 19.2. The van der Waals surface area contributed by atoms with Crippen molar-refractivity contribution in [2.45, 2.75) is 76.4 Å². The van der Waals surface area contributed by atoms with Crippen LogP contribution in [0.1, 0.15) is 64.2 Å². The van der Waals surface area contributed by atoms with E-state index in [1.807, 2.05) is 29.2 Å². The van der Waals surface area contributed by atoms with Crippen molar-refractivity contribution in [1.29, 1.82) is 0 Å². The van der Waals surface area contributed by atoms with Crippen LogP contribution in [-0.4, -0.2) is 66.5 Å². The number of rotatable bonds is 5. The van der Waals surface area contributed by atoms with Crippen LogP contribution in [-0.2, 0) is 9.59 Å². The average Bonchev–Trinajstić information content (AvgIpc) is 2.80. The number of benzene rings is 1. The van der Waals surface area contributed by atoms with Gasteiger partial charge in [-0.3, -0.25) is 9.59 Å². The van der Waals surface area contributed by atoms with Crippen LogP contribution >= 0.6 is 0 Å². The number of carbonyl (C=O) groups excluding carboxylic acids is 2. The van der Waals surface area contributed by atoms with Crippen molar-refractivity contribution < 1.29 is 14.3 Å². The van der Waals surface area contributed by atoms with Crippen LogP contribution in [0.25, 0.3) is 0 Å². The van der Waals surface area contributed by atoms with Crippen LogP contribution in [0, 0.1) is 5.92 Å². The monoisotopic (exact) mass is 439 g/mol. The van der Waals surface area contributed by atoms with Gasteiger partial charge in [-0.15, -0.1) is 0 Å². The molecule has 6 nitrogen and oxygen atoms in total. The van der Waals surface area contributed by atoms with E-state index in [0.717, 1.165) is 69.1 Å². The van der Waals surface area contributed by atoms with Crippen molar-refractivity contribution in [3.63, 3.8) is 0 Å². The van der Waals surface area contributed by atoms with Gasteiger partial charge in [-0.05, 0) is 62.8 Å². The predicted molar refractivity (Wildman–Crippen MR) is 125 cm³/mol. The Kier molecular flexibility index (Phi) is 6.67. The highest BCUT2D eigenvalue weighted by atomic mass is 16.5. The molecule has 0 spiro atoms. The lowest BCUT2D eigenvalue weighted by molar-refractivity contribution is -0.141. The first kappa shape index (κ1) is 21.7. The molecule has 1 aromatic rings. The molecule has 1 aromatic carbocycles. The molecule has 2 heterocycles. The summed E-state index contributed by atoms with van der Waals surface area (Å²) in [5.74, 6) is 1.21. The van der Waals surface area contributed by atoms with Crippen LogP contribution in [0.4, 0.5) is 5.69 Å². The fourth-order valence-electron chi connectivity index (χ4n) is 5.75. The van der Waals surface area contributed by atoms with E-state index in [9.17, 15) is 9.59 Å². The van der Waals surface area contributed by atoms with Crippen LogP contribution in [0.15, 0.2) is 24.3 Å². The number of hydrogen-bond acceptors (Lipinski definition) is 4. The van der Waals surface area contributed by atoms with Crippen molar-refractivity contribution in [3.8, 4) is 5.75 Å². The zero-order valence-electron chi connectivity index (χ0n) is 19.2. The molecular formula is C26H37N3O3. The minimum atomic E-state index is 0.0115. The second kappa shape index (κ2) is 9.82. The molecule has 4 fully saturated rings. The maximum Gasteiger partial charge on any atom is 0.246 e. The van der Waals surface area contributed by atoms with Gasteiger partial charge >= 0.3 is 0 Å². The lowest BCUT2D eigenvalue weighted by Crippen LogP contribution is -2.53. The second-order valence-electron chi connectivity index (χ2n) is 10.1. The van der Waals surface area contributed by atoms with Crippen LogP contribution in [0.2, 0.25) is 0 Å². The van der Waals surface area contributed by atoms with Crippen LogP contribution in [0.3, 0.4) is 0 Å². The molecule has 174 valence electrons. The van der Waals surface area contributed by atoms with Crippen molar-refractivity contribution in [2.75, 3.05) is 37.6 Å². The van der Waals surface area contributed by atoms with E-state index in [1.54, 1.807) is 4.90 Å². The third kappa shape index (κ3) is 4.80. The summed E-state index contributed by atoms with van der Waals surface area (Å²) in [4.78, 5) is 31.8. The summed E-state index contributed by atoms with van der Waals surface area (Å²) < 4.78 is 6.24. The van der Waals surface area contributed by atoms with Gasteiger partial charge in [0.05, 0.1) is 0 Å². The normalized spacial score (nSPS) is 24.4. The number of nitrogens with zero attached hydrogens (tertiary/aromatic N) is 3. The summed E-state index contributed by atoms with van der Waals surface area (Å²) in [6, 6.07) is 8.76. The molecule has 0 bridgehead atoms. The Hall–Kier alpha value is -2.08. The standard InChI is InChI=1S/C26H37N3O3/c30-25-19-28(26(31)20-5-2-1-3-6-20)17-18-29(25)22-9-11-23(12-10-22)32-24-13-15-27(16-14-24)21-7-4-8-21/h9-12,20-21,24H,1-8,13-19H2. The van der Waals surface area contributed by atoms with E-state index in [0.29, 0.717) is 13.1 Å². The number of anilines is 1. The minimum Gasteiger partial charge on any atom is -0.490 e. The van der Waals surface area contributed by atoms with E-state index >= 15 is 0 Å².